The van der Waals surface area contributed by atoms with E-state index in [9.17, 15) is 4.79 Å². The van der Waals surface area contributed by atoms with E-state index >= 15 is 0 Å². The normalized spacial score (nSPS) is 10.5. The molecule has 2 heterocycles. The van der Waals surface area contributed by atoms with Gasteiger partial charge in [-0.25, -0.2) is 15.0 Å². The van der Waals surface area contributed by atoms with Crippen molar-refractivity contribution in [3.8, 4) is 45.0 Å². The molecule has 0 fully saturated rings. The van der Waals surface area contributed by atoms with E-state index in [1.807, 2.05) is 84.9 Å². The fourth-order valence-corrected chi connectivity index (χ4v) is 5.86. The van der Waals surface area contributed by atoms with Crippen LogP contribution < -0.4 is 10.9 Å². The van der Waals surface area contributed by atoms with Crippen molar-refractivity contribution in [1.82, 2.24) is 24.8 Å². The van der Waals surface area contributed by atoms with Gasteiger partial charge in [0.05, 0.1) is 16.4 Å². The number of para-hydroxylation sites is 2. The summed E-state index contributed by atoms with van der Waals surface area (Å²) in [6.07, 6.45) is 0. The van der Waals surface area contributed by atoms with E-state index in [-0.39, 0.29) is 30.4 Å². The Morgan fingerprint density at radius 1 is 0.509 bits per heavy atom. The number of anilines is 1. The van der Waals surface area contributed by atoms with Gasteiger partial charge in [-0.1, -0.05) is 133 Å². The third-order valence-corrected chi connectivity index (χ3v) is 8.58. The number of aromatic amines is 1. The molecule has 0 spiro atoms. The first-order chi connectivity index (χ1) is 25.0. The minimum Gasteiger partial charge on any atom is -0.368 e. The Bertz CT molecular complexity index is 2440. The molecule has 7 nitrogen and oxygen atoms in total. The Kier molecular flexibility index (Phi) is 13.1. The molecule has 266 valence electrons. The van der Waals surface area contributed by atoms with Crippen molar-refractivity contribution in [2.75, 3.05) is 32.5 Å². The lowest BCUT2D eigenvalue weighted by atomic mass is 10.0. The number of nitrogens with one attached hydrogen (secondary N) is 2. The van der Waals surface area contributed by atoms with E-state index in [4.69, 9.17) is 9.97 Å². The fourth-order valence-electron chi connectivity index (χ4n) is 5.86. The Balaban J connectivity index is 0.000000200. The molecule has 0 radical (unpaired) electrons. The van der Waals surface area contributed by atoms with Gasteiger partial charge >= 0.3 is 0 Å². The zero-order chi connectivity index (χ0) is 35.0. The Morgan fingerprint density at radius 3 is 1.53 bits per heavy atom. The van der Waals surface area contributed by atoms with Crippen LogP contribution in [0.1, 0.15) is 0 Å². The highest BCUT2D eigenvalue weighted by Gasteiger charge is 2.10. The van der Waals surface area contributed by atoms with Gasteiger partial charge in [0.2, 0.25) is 0 Å². The second-order valence-electron chi connectivity index (χ2n) is 12.5. The molecule has 8 aromatic rings. The highest BCUT2D eigenvalue weighted by molar-refractivity contribution is 5.90. The zero-order valence-corrected chi connectivity index (χ0v) is 31.1. The molecular formula is C44H40Cl2N6O. The summed E-state index contributed by atoms with van der Waals surface area (Å²) in [6.45, 7) is 1.78. The number of hydrogen-bond donors (Lipinski definition) is 2. The number of nitrogens with zero attached hydrogens (tertiary/aromatic N) is 4. The second-order valence-corrected chi connectivity index (χ2v) is 12.5. The van der Waals surface area contributed by atoms with E-state index in [2.05, 4.69) is 101 Å². The van der Waals surface area contributed by atoms with Gasteiger partial charge in [-0.05, 0) is 60.6 Å². The van der Waals surface area contributed by atoms with Crippen LogP contribution in [0.25, 0.3) is 66.8 Å². The Morgan fingerprint density at radius 2 is 0.962 bits per heavy atom. The highest BCUT2D eigenvalue weighted by atomic mass is 35.5. The van der Waals surface area contributed by atoms with Crippen molar-refractivity contribution in [1.29, 1.82) is 0 Å². The third kappa shape index (κ3) is 9.33. The van der Waals surface area contributed by atoms with Crippen molar-refractivity contribution in [3.63, 3.8) is 0 Å². The predicted molar refractivity (Wildman–Crippen MR) is 225 cm³/mol. The molecular weight excluding hydrogens is 699 g/mol. The number of halogens is 2. The molecule has 0 aliphatic carbocycles. The summed E-state index contributed by atoms with van der Waals surface area (Å²) in [4.78, 5) is 31.4. The highest BCUT2D eigenvalue weighted by Crippen LogP contribution is 2.27. The van der Waals surface area contributed by atoms with Crippen LogP contribution >= 0.6 is 24.8 Å². The molecule has 0 aliphatic heterocycles. The average Bonchev–Trinajstić information content (AvgIpc) is 3.19. The summed E-state index contributed by atoms with van der Waals surface area (Å²) in [5, 5.41) is 5.13. The molecule has 8 rings (SSSR count). The lowest BCUT2D eigenvalue weighted by Crippen LogP contribution is -2.21. The van der Waals surface area contributed by atoms with Crippen molar-refractivity contribution in [2.45, 2.75) is 0 Å². The topological polar surface area (TPSA) is 86.8 Å². The number of aromatic nitrogens is 4. The summed E-state index contributed by atoms with van der Waals surface area (Å²) in [5.74, 6) is 2.22. The van der Waals surface area contributed by atoms with Crippen LogP contribution in [0.15, 0.2) is 163 Å². The number of likely N-dealkylation sites (N-methyl/N-ethyl adjacent to an activating group) is 1. The van der Waals surface area contributed by atoms with Gasteiger partial charge in [0.15, 0.2) is 5.82 Å². The van der Waals surface area contributed by atoms with Crippen LogP contribution in [0.5, 0.6) is 0 Å². The van der Waals surface area contributed by atoms with Gasteiger partial charge in [0.1, 0.15) is 11.6 Å². The minimum atomic E-state index is -0.113. The summed E-state index contributed by atoms with van der Waals surface area (Å²) >= 11 is 0. The standard InChI is InChI=1S/C24H24N4.C20H14N2O.2ClH/c1-28(2)17-16-25-24-21-10-6-7-11-22(21)26-23(27-24)20-14-12-19(13-15-20)18-8-4-3-5-9-18;23-20-17-8-4-5-9-18(17)21-19(22-20)16-12-10-15(11-13-16)14-6-2-1-3-7-14;;/h3-15H,16-17H2,1-2H3,(H,25,26,27);1-13H,(H,21,22,23);2*1H. The fraction of sp³-hybridized carbons (Fsp3) is 0.0909. The molecule has 6 aromatic carbocycles. The Hall–Kier alpha value is -5.86. The first-order valence-corrected chi connectivity index (χ1v) is 17.0. The van der Waals surface area contributed by atoms with E-state index in [0.29, 0.717) is 16.7 Å². The average molecular weight is 740 g/mol. The van der Waals surface area contributed by atoms with Crippen LogP contribution in [-0.4, -0.2) is 52.0 Å². The first kappa shape index (κ1) is 38.4. The van der Waals surface area contributed by atoms with E-state index in [0.717, 1.165) is 52.3 Å². The third-order valence-electron chi connectivity index (χ3n) is 8.58. The molecule has 9 heteroatoms. The Labute approximate surface area is 321 Å². The number of fused-ring (bicyclic) bond motifs is 2. The van der Waals surface area contributed by atoms with Gasteiger partial charge in [0.25, 0.3) is 5.56 Å². The van der Waals surface area contributed by atoms with E-state index in [1.54, 1.807) is 6.07 Å². The maximum absolute atomic E-state index is 12.2. The lowest BCUT2D eigenvalue weighted by Gasteiger charge is -2.13. The molecule has 0 aliphatic rings. The SMILES string of the molecule is CN(C)CCNc1nc(-c2ccc(-c3ccccc3)cc2)nc2ccccc12.Cl.Cl.O=c1[nH]c(-c2ccc(-c3ccccc3)cc2)nc2ccccc12. The van der Waals surface area contributed by atoms with E-state index < -0.39 is 0 Å². The van der Waals surface area contributed by atoms with Crippen molar-refractivity contribution in [2.24, 2.45) is 0 Å². The summed E-state index contributed by atoms with van der Waals surface area (Å²) in [6, 6.07) is 52.6. The molecule has 2 N–H and O–H groups in total. The summed E-state index contributed by atoms with van der Waals surface area (Å²) in [7, 11) is 4.14. The van der Waals surface area contributed by atoms with Crippen LogP contribution in [-0.2, 0) is 0 Å². The monoisotopic (exact) mass is 738 g/mol. The van der Waals surface area contributed by atoms with Gasteiger partial charge in [-0.2, -0.15) is 0 Å². The molecule has 0 saturated carbocycles. The van der Waals surface area contributed by atoms with Gasteiger partial charge < -0.3 is 15.2 Å². The molecule has 53 heavy (non-hydrogen) atoms. The summed E-state index contributed by atoms with van der Waals surface area (Å²) in [5.41, 5.74) is 8.15. The minimum absolute atomic E-state index is 0. The maximum atomic E-state index is 12.2. The van der Waals surface area contributed by atoms with E-state index in [1.165, 1.54) is 16.7 Å². The molecule has 0 bridgehead atoms. The number of hydrogen-bond acceptors (Lipinski definition) is 6. The molecule has 2 aromatic heterocycles. The number of rotatable bonds is 8. The molecule has 0 saturated heterocycles. The molecule has 0 atom stereocenters. The number of H-pyrrole nitrogens is 1. The van der Waals surface area contributed by atoms with Crippen molar-refractivity contribution in [3.05, 3.63) is 168 Å². The largest absolute Gasteiger partial charge is 0.368 e. The van der Waals surface area contributed by atoms with Crippen LogP contribution in [0, 0.1) is 0 Å². The van der Waals surface area contributed by atoms with Crippen LogP contribution in [0.4, 0.5) is 5.82 Å². The van der Waals surface area contributed by atoms with Gasteiger partial charge in [-0.3, -0.25) is 4.79 Å². The molecule has 0 unspecified atom stereocenters. The van der Waals surface area contributed by atoms with Crippen LogP contribution in [0.3, 0.4) is 0 Å². The quantitative estimate of drug-likeness (QED) is 0.161. The smallest absolute Gasteiger partial charge is 0.259 e. The zero-order valence-electron chi connectivity index (χ0n) is 29.4. The number of benzene rings is 6. The predicted octanol–water partition coefficient (Wildman–Crippen LogP) is 10.0. The van der Waals surface area contributed by atoms with Crippen molar-refractivity contribution >= 4 is 52.4 Å². The van der Waals surface area contributed by atoms with Crippen molar-refractivity contribution < 1.29 is 0 Å². The summed E-state index contributed by atoms with van der Waals surface area (Å²) < 4.78 is 0. The first-order valence-electron chi connectivity index (χ1n) is 17.0. The second kappa shape index (κ2) is 18.1. The maximum Gasteiger partial charge on any atom is 0.259 e. The van der Waals surface area contributed by atoms with Gasteiger partial charge in [0, 0.05) is 29.6 Å². The molecule has 0 amide bonds. The van der Waals surface area contributed by atoms with Gasteiger partial charge in [-0.15, -0.1) is 24.8 Å². The lowest BCUT2D eigenvalue weighted by molar-refractivity contribution is 0.425. The van der Waals surface area contributed by atoms with Crippen LogP contribution in [0.2, 0.25) is 0 Å².